The Morgan fingerprint density at radius 1 is 1.37 bits per heavy atom. The van der Waals surface area contributed by atoms with Gasteiger partial charge in [-0.3, -0.25) is 9.59 Å². The fourth-order valence-electron chi connectivity index (χ4n) is 0.747. The van der Waals surface area contributed by atoms with Crippen molar-refractivity contribution in [2.24, 2.45) is 16.0 Å². The number of carboxylic acids is 1. The molecule has 0 unspecified atom stereocenters. The van der Waals surface area contributed by atoms with Gasteiger partial charge in [-0.05, 0) is 6.42 Å². The molecule has 0 bridgehead atoms. The lowest BCUT2D eigenvalue weighted by molar-refractivity contribution is -0.131. The fraction of sp³-hybridized carbons (Fsp3) is 0.182. The first kappa shape index (κ1) is 16.2. The number of primary amides is 1. The summed E-state index contributed by atoms with van der Waals surface area (Å²) in [5.74, 6) is -3.09. The van der Waals surface area contributed by atoms with Gasteiger partial charge in [-0.2, -0.15) is 0 Å². The molecular weight excluding hydrogens is 252 g/mol. The second-order valence-corrected chi connectivity index (χ2v) is 3.16. The number of carbonyl (C=O) groups is 3. The summed E-state index contributed by atoms with van der Waals surface area (Å²) in [6.45, 7) is 5.04. The number of amides is 2. The van der Waals surface area contributed by atoms with Crippen molar-refractivity contribution in [3.05, 3.63) is 36.3 Å². The van der Waals surface area contributed by atoms with Gasteiger partial charge in [0, 0.05) is 6.20 Å². The van der Waals surface area contributed by atoms with Crippen molar-refractivity contribution in [1.82, 2.24) is 5.32 Å². The van der Waals surface area contributed by atoms with E-state index in [1.807, 2.05) is 6.92 Å². The molecule has 0 aliphatic rings. The van der Waals surface area contributed by atoms with E-state index >= 15 is 0 Å². The molecule has 0 aliphatic carbocycles. The lowest BCUT2D eigenvalue weighted by Crippen LogP contribution is -2.19. The highest BCUT2D eigenvalue weighted by Gasteiger charge is 2.10. The molecule has 0 aromatic rings. The Hall–Kier alpha value is -2.77. The molecular formula is C11H14N4O4. The highest BCUT2D eigenvalue weighted by atomic mass is 16.4. The molecule has 0 aromatic heterocycles. The normalized spacial score (nSPS) is 11.7. The topological polar surface area (TPSA) is 134 Å². The second kappa shape index (κ2) is 8.34. The zero-order valence-corrected chi connectivity index (χ0v) is 10.3. The molecule has 8 nitrogen and oxygen atoms in total. The van der Waals surface area contributed by atoms with Gasteiger partial charge in [-0.15, -0.1) is 10.2 Å². The summed E-state index contributed by atoms with van der Waals surface area (Å²) in [4.78, 5) is 32.7. The van der Waals surface area contributed by atoms with Crippen LogP contribution in [0, 0.1) is 0 Å². The maximum Gasteiger partial charge on any atom is 0.330 e. The number of allylic oxidation sites excluding steroid dienone is 1. The molecule has 2 amide bonds. The van der Waals surface area contributed by atoms with Crippen molar-refractivity contribution in [2.75, 3.05) is 0 Å². The van der Waals surface area contributed by atoms with Crippen LogP contribution in [0.25, 0.3) is 0 Å². The van der Waals surface area contributed by atoms with E-state index < -0.39 is 29.2 Å². The molecule has 0 heterocycles. The van der Waals surface area contributed by atoms with Crippen molar-refractivity contribution in [1.29, 1.82) is 0 Å². The Morgan fingerprint density at radius 3 is 2.47 bits per heavy atom. The maximum atomic E-state index is 11.5. The van der Waals surface area contributed by atoms with E-state index in [2.05, 4.69) is 22.1 Å². The minimum Gasteiger partial charge on any atom is -0.478 e. The predicted octanol–water partition coefficient (Wildman–Crippen LogP) is 0.446. The number of azo groups is 1. The molecule has 4 N–H and O–H groups in total. The Bertz CT molecular complexity index is 477. The number of nitrogens with one attached hydrogen (secondary N) is 1. The SMILES string of the molecule is C=C(N=NC(=CC(=O)O)C(=O)NC=CCC)C(N)=O. The van der Waals surface area contributed by atoms with E-state index in [-0.39, 0.29) is 0 Å². The Balaban J connectivity index is 4.98. The van der Waals surface area contributed by atoms with Gasteiger partial charge in [0.2, 0.25) is 0 Å². The monoisotopic (exact) mass is 266 g/mol. The third-order valence-corrected chi connectivity index (χ3v) is 1.62. The summed E-state index contributed by atoms with van der Waals surface area (Å²) in [5, 5.41) is 17.5. The zero-order chi connectivity index (χ0) is 14.8. The number of nitrogens with two attached hydrogens (primary N) is 1. The van der Waals surface area contributed by atoms with E-state index in [1.54, 1.807) is 6.08 Å². The molecule has 0 saturated carbocycles. The van der Waals surface area contributed by atoms with Gasteiger partial charge in [0.15, 0.2) is 5.70 Å². The van der Waals surface area contributed by atoms with Crippen molar-refractivity contribution in [3.8, 4) is 0 Å². The quantitative estimate of drug-likeness (QED) is 0.455. The molecule has 0 aromatic carbocycles. The highest BCUT2D eigenvalue weighted by molar-refractivity contribution is 5.99. The summed E-state index contributed by atoms with van der Waals surface area (Å²) in [5.41, 5.74) is 3.97. The molecule has 8 heteroatoms. The maximum absolute atomic E-state index is 11.5. The van der Waals surface area contributed by atoms with Crippen molar-refractivity contribution < 1.29 is 19.5 Å². The standard InChI is InChI=1S/C11H14N4O4/c1-3-4-5-13-11(19)8(6-9(16)17)15-14-7(2)10(12)18/h4-6H,2-3H2,1H3,(H2,12,18)(H,13,19)(H,16,17). The molecule has 0 fully saturated rings. The Labute approximate surface area is 109 Å². The summed E-state index contributed by atoms with van der Waals surface area (Å²) in [7, 11) is 0. The van der Waals surface area contributed by atoms with Crippen LogP contribution in [0.2, 0.25) is 0 Å². The molecule has 0 rings (SSSR count). The van der Waals surface area contributed by atoms with Crippen LogP contribution >= 0.6 is 0 Å². The number of carboxylic acid groups (broad SMARTS) is 1. The number of hydrogen-bond donors (Lipinski definition) is 3. The Kier molecular flexibility index (Phi) is 7.12. The van der Waals surface area contributed by atoms with Gasteiger partial charge in [-0.25, -0.2) is 4.79 Å². The van der Waals surface area contributed by atoms with Gasteiger partial charge in [0.1, 0.15) is 5.70 Å². The lowest BCUT2D eigenvalue weighted by Gasteiger charge is -1.99. The van der Waals surface area contributed by atoms with Crippen molar-refractivity contribution in [2.45, 2.75) is 13.3 Å². The minimum absolute atomic E-state index is 0.395. The molecule has 0 atom stereocenters. The van der Waals surface area contributed by atoms with E-state index in [1.165, 1.54) is 6.20 Å². The highest BCUT2D eigenvalue weighted by Crippen LogP contribution is 2.02. The number of hydrogen-bond acceptors (Lipinski definition) is 5. The first-order chi connectivity index (χ1) is 8.88. The summed E-state index contributed by atoms with van der Waals surface area (Å²) in [6.07, 6.45) is 4.23. The average molecular weight is 266 g/mol. The van der Waals surface area contributed by atoms with Crippen LogP contribution in [0.4, 0.5) is 0 Å². The molecule has 0 saturated heterocycles. The number of nitrogens with zero attached hydrogens (tertiary/aromatic N) is 2. The third-order valence-electron chi connectivity index (χ3n) is 1.62. The Morgan fingerprint density at radius 2 is 2.00 bits per heavy atom. The lowest BCUT2D eigenvalue weighted by atomic mass is 10.4. The molecule has 0 spiro atoms. The van der Waals surface area contributed by atoms with Crippen LogP contribution < -0.4 is 11.1 Å². The van der Waals surface area contributed by atoms with Crippen LogP contribution in [0.1, 0.15) is 13.3 Å². The van der Waals surface area contributed by atoms with E-state index in [4.69, 9.17) is 10.8 Å². The molecule has 102 valence electrons. The minimum atomic E-state index is -1.38. The van der Waals surface area contributed by atoms with Crippen LogP contribution in [-0.2, 0) is 14.4 Å². The van der Waals surface area contributed by atoms with Gasteiger partial charge in [0.25, 0.3) is 11.8 Å². The van der Waals surface area contributed by atoms with Gasteiger partial charge in [0.05, 0.1) is 6.08 Å². The van der Waals surface area contributed by atoms with Gasteiger partial charge < -0.3 is 16.2 Å². The fourth-order valence-corrected chi connectivity index (χ4v) is 0.747. The number of rotatable bonds is 7. The van der Waals surface area contributed by atoms with E-state index in [0.717, 1.165) is 0 Å². The van der Waals surface area contributed by atoms with Gasteiger partial charge in [-0.1, -0.05) is 19.6 Å². The van der Waals surface area contributed by atoms with E-state index in [9.17, 15) is 14.4 Å². The van der Waals surface area contributed by atoms with Crippen LogP contribution in [0.3, 0.4) is 0 Å². The number of aliphatic carboxylic acids is 1. The second-order valence-electron chi connectivity index (χ2n) is 3.16. The first-order valence-electron chi connectivity index (χ1n) is 5.19. The van der Waals surface area contributed by atoms with Crippen molar-refractivity contribution >= 4 is 17.8 Å². The van der Waals surface area contributed by atoms with E-state index in [0.29, 0.717) is 12.5 Å². The molecule has 0 aliphatic heterocycles. The van der Waals surface area contributed by atoms with Crippen LogP contribution in [0.15, 0.2) is 46.6 Å². The van der Waals surface area contributed by atoms with Gasteiger partial charge >= 0.3 is 5.97 Å². The molecule has 0 radical (unpaired) electrons. The summed E-state index contributed by atoms with van der Waals surface area (Å²) in [6, 6.07) is 0. The summed E-state index contributed by atoms with van der Waals surface area (Å²) >= 11 is 0. The van der Waals surface area contributed by atoms with Crippen LogP contribution in [0.5, 0.6) is 0 Å². The van der Waals surface area contributed by atoms with Crippen LogP contribution in [-0.4, -0.2) is 22.9 Å². The predicted molar refractivity (Wildman–Crippen MR) is 66.5 cm³/mol. The smallest absolute Gasteiger partial charge is 0.330 e. The molecule has 19 heavy (non-hydrogen) atoms. The zero-order valence-electron chi connectivity index (χ0n) is 10.3. The largest absolute Gasteiger partial charge is 0.478 e. The van der Waals surface area contributed by atoms with Crippen molar-refractivity contribution in [3.63, 3.8) is 0 Å². The summed E-state index contributed by atoms with van der Waals surface area (Å²) < 4.78 is 0. The number of carbonyl (C=O) groups excluding carboxylic acids is 2. The average Bonchev–Trinajstić information content (AvgIpc) is 2.33. The first-order valence-corrected chi connectivity index (χ1v) is 5.19. The third kappa shape index (κ3) is 7.21.